The van der Waals surface area contributed by atoms with Gasteiger partial charge in [-0.05, 0) is 48.5 Å². The molecule has 0 heterocycles. The summed E-state index contributed by atoms with van der Waals surface area (Å²) in [6.07, 6.45) is -0.852. The van der Waals surface area contributed by atoms with Crippen molar-refractivity contribution < 1.29 is 18.7 Å². The monoisotopic (exact) mass is 351 g/mol. The third kappa shape index (κ3) is 4.39. The van der Waals surface area contributed by atoms with Crippen molar-refractivity contribution >= 4 is 11.6 Å². The lowest BCUT2D eigenvalue weighted by Crippen LogP contribution is -2.25. The van der Waals surface area contributed by atoms with Gasteiger partial charge in [-0.15, -0.1) is 0 Å². The standard InChI is InChI=1S/C21H18FNO3/c1-25-18-11-13-19(14-12-18)26-20(15-5-3-2-4-6-15)21(24)23-17-9-7-16(22)8-10-17/h2-14,20H,1H3,(H,23,24)/t20-/m0/s1. The summed E-state index contributed by atoms with van der Waals surface area (Å²) in [6.45, 7) is 0. The van der Waals surface area contributed by atoms with Gasteiger partial charge in [0.15, 0.2) is 0 Å². The van der Waals surface area contributed by atoms with E-state index in [0.29, 0.717) is 22.7 Å². The van der Waals surface area contributed by atoms with Gasteiger partial charge in [0.1, 0.15) is 17.3 Å². The normalized spacial score (nSPS) is 11.5. The molecule has 0 spiro atoms. The molecule has 3 aromatic rings. The summed E-state index contributed by atoms with van der Waals surface area (Å²) >= 11 is 0. The molecule has 0 aliphatic carbocycles. The Balaban J connectivity index is 1.82. The Hall–Kier alpha value is -3.34. The molecule has 3 aromatic carbocycles. The molecule has 0 aromatic heterocycles. The van der Waals surface area contributed by atoms with E-state index in [4.69, 9.17) is 9.47 Å². The van der Waals surface area contributed by atoms with E-state index >= 15 is 0 Å². The Labute approximate surface area is 151 Å². The third-order valence-electron chi connectivity index (χ3n) is 3.77. The number of halogens is 1. The predicted octanol–water partition coefficient (Wildman–Crippen LogP) is 4.59. The first-order chi connectivity index (χ1) is 12.7. The maximum Gasteiger partial charge on any atom is 0.270 e. The van der Waals surface area contributed by atoms with E-state index in [2.05, 4.69) is 5.32 Å². The molecule has 5 heteroatoms. The molecule has 0 aliphatic heterocycles. The van der Waals surface area contributed by atoms with Crippen molar-refractivity contribution in [2.45, 2.75) is 6.10 Å². The van der Waals surface area contributed by atoms with Crippen LogP contribution in [0.15, 0.2) is 78.9 Å². The highest BCUT2D eigenvalue weighted by Crippen LogP contribution is 2.25. The van der Waals surface area contributed by atoms with E-state index in [1.807, 2.05) is 30.3 Å². The lowest BCUT2D eigenvalue weighted by Gasteiger charge is -2.19. The highest BCUT2D eigenvalue weighted by atomic mass is 19.1. The number of carbonyl (C=O) groups is 1. The minimum atomic E-state index is -0.852. The number of hydrogen-bond donors (Lipinski definition) is 1. The maximum atomic E-state index is 13.0. The summed E-state index contributed by atoms with van der Waals surface area (Å²) in [6, 6.07) is 21.8. The van der Waals surface area contributed by atoms with Crippen molar-refractivity contribution in [3.63, 3.8) is 0 Å². The lowest BCUT2D eigenvalue weighted by atomic mass is 10.1. The van der Waals surface area contributed by atoms with Gasteiger partial charge in [-0.25, -0.2) is 4.39 Å². The first kappa shape index (κ1) is 17.5. The molecule has 26 heavy (non-hydrogen) atoms. The van der Waals surface area contributed by atoms with Crippen LogP contribution in [-0.4, -0.2) is 13.0 Å². The summed E-state index contributed by atoms with van der Waals surface area (Å²) in [5, 5.41) is 2.76. The number of methoxy groups -OCH3 is 1. The Morgan fingerprint density at radius 3 is 2.12 bits per heavy atom. The minimum Gasteiger partial charge on any atom is -0.497 e. The molecule has 0 radical (unpaired) electrons. The van der Waals surface area contributed by atoms with Crippen LogP contribution in [0.4, 0.5) is 10.1 Å². The van der Waals surface area contributed by atoms with Gasteiger partial charge in [0.25, 0.3) is 5.91 Å². The molecule has 4 nitrogen and oxygen atoms in total. The first-order valence-corrected chi connectivity index (χ1v) is 8.08. The molecular formula is C21H18FNO3. The van der Waals surface area contributed by atoms with Crippen LogP contribution >= 0.6 is 0 Å². The SMILES string of the molecule is COc1ccc(O[C@H](C(=O)Nc2ccc(F)cc2)c2ccccc2)cc1. The van der Waals surface area contributed by atoms with Crippen molar-refractivity contribution in [2.75, 3.05) is 12.4 Å². The largest absolute Gasteiger partial charge is 0.497 e. The van der Waals surface area contributed by atoms with Crippen LogP contribution in [0.25, 0.3) is 0 Å². The molecule has 0 unspecified atom stereocenters. The summed E-state index contributed by atoms with van der Waals surface area (Å²) in [5.74, 6) is 0.522. The first-order valence-electron chi connectivity index (χ1n) is 8.08. The van der Waals surface area contributed by atoms with Gasteiger partial charge < -0.3 is 14.8 Å². The fourth-order valence-electron chi connectivity index (χ4n) is 2.43. The number of rotatable bonds is 6. The van der Waals surface area contributed by atoms with Gasteiger partial charge in [0.05, 0.1) is 7.11 Å². The number of carbonyl (C=O) groups excluding carboxylic acids is 1. The van der Waals surface area contributed by atoms with Crippen molar-refractivity contribution in [1.29, 1.82) is 0 Å². The molecule has 1 amide bonds. The van der Waals surface area contributed by atoms with Crippen LogP contribution in [0.5, 0.6) is 11.5 Å². The van der Waals surface area contributed by atoms with Crippen molar-refractivity contribution in [1.82, 2.24) is 0 Å². The zero-order valence-electron chi connectivity index (χ0n) is 14.2. The molecule has 0 aliphatic rings. The average Bonchev–Trinajstić information content (AvgIpc) is 2.69. The quantitative estimate of drug-likeness (QED) is 0.706. The van der Waals surface area contributed by atoms with Crippen LogP contribution < -0.4 is 14.8 Å². The van der Waals surface area contributed by atoms with Crippen molar-refractivity contribution in [2.24, 2.45) is 0 Å². The van der Waals surface area contributed by atoms with Crippen molar-refractivity contribution in [3.05, 3.63) is 90.2 Å². The summed E-state index contributed by atoms with van der Waals surface area (Å²) in [7, 11) is 1.58. The molecular weight excluding hydrogens is 333 g/mol. The van der Waals surface area contributed by atoms with E-state index in [1.54, 1.807) is 31.4 Å². The molecule has 3 rings (SSSR count). The molecule has 132 valence electrons. The molecule has 0 saturated heterocycles. The second-order valence-corrected chi connectivity index (χ2v) is 5.58. The Bertz CT molecular complexity index is 849. The number of hydrogen-bond acceptors (Lipinski definition) is 3. The van der Waals surface area contributed by atoms with Crippen LogP contribution in [0.2, 0.25) is 0 Å². The van der Waals surface area contributed by atoms with Crippen LogP contribution in [0, 0.1) is 5.82 Å². The maximum absolute atomic E-state index is 13.0. The second kappa shape index (κ2) is 8.16. The molecule has 1 atom stereocenters. The number of benzene rings is 3. The lowest BCUT2D eigenvalue weighted by molar-refractivity contribution is -0.123. The van der Waals surface area contributed by atoms with Gasteiger partial charge >= 0.3 is 0 Å². The average molecular weight is 351 g/mol. The fourth-order valence-corrected chi connectivity index (χ4v) is 2.43. The Morgan fingerprint density at radius 2 is 1.50 bits per heavy atom. The van der Waals surface area contributed by atoms with E-state index in [-0.39, 0.29) is 11.7 Å². The van der Waals surface area contributed by atoms with E-state index < -0.39 is 6.10 Å². The second-order valence-electron chi connectivity index (χ2n) is 5.58. The third-order valence-corrected chi connectivity index (χ3v) is 3.77. The molecule has 0 saturated carbocycles. The highest BCUT2D eigenvalue weighted by molar-refractivity contribution is 5.95. The zero-order valence-corrected chi connectivity index (χ0v) is 14.2. The van der Waals surface area contributed by atoms with Gasteiger partial charge in [0.2, 0.25) is 6.10 Å². The topological polar surface area (TPSA) is 47.6 Å². The summed E-state index contributed by atoms with van der Waals surface area (Å²) in [5.41, 5.74) is 1.21. The number of nitrogens with one attached hydrogen (secondary N) is 1. The number of amides is 1. The summed E-state index contributed by atoms with van der Waals surface area (Å²) in [4.78, 5) is 12.8. The number of ether oxygens (including phenoxy) is 2. The molecule has 0 fully saturated rings. The fraction of sp³-hybridized carbons (Fsp3) is 0.0952. The predicted molar refractivity (Wildman–Crippen MR) is 97.8 cm³/mol. The Morgan fingerprint density at radius 1 is 0.885 bits per heavy atom. The number of anilines is 1. The highest BCUT2D eigenvalue weighted by Gasteiger charge is 2.23. The zero-order chi connectivity index (χ0) is 18.4. The van der Waals surface area contributed by atoms with E-state index in [1.165, 1.54) is 24.3 Å². The van der Waals surface area contributed by atoms with Gasteiger partial charge in [-0.2, -0.15) is 0 Å². The van der Waals surface area contributed by atoms with Crippen LogP contribution in [0.1, 0.15) is 11.7 Å². The molecule has 1 N–H and O–H groups in total. The Kier molecular flexibility index (Phi) is 5.49. The van der Waals surface area contributed by atoms with Gasteiger partial charge in [0, 0.05) is 11.3 Å². The minimum absolute atomic E-state index is 0.348. The van der Waals surface area contributed by atoms with E-state index in [0.717, 1.165) is 0 Å². The molecule has 0 bridgehead atoms. The van der Waals surface area contributed by atoms with Crippen LogP contribution in [-0.2, 0) is 4.79 Å². The van der Waals surface area contributed by atoms with Crippen molar-refractivity contribution in [3.8, 4) is 11.5 Å². The van der Waals surface area contributed by atoms with Gasteiger partial charge in [-0.3, -0.25) is 4.79 Å². The van der Waals surface area contributed by atoms with Crippen LogP contribution in [0.3, 0.4) is 0 Å². The van der Waals surface area contributed by atoms with E-state index in [9.17, 15) is 9.18 Å². The summed E-state index contributed by atoms with van der Waals surface area (Å²) < 4.78 is 24.1. The van der Waals surface area contributed by atoms with Gasteiger partial charge in [-0.1, -0.05) is 30.3 Å². The smallest absolute Gasteiger partial charge is 0.270 e.